The number of ether oxygens (including phenoxy) is 3. The van der Waals surface area contributed by atoms with Gasteiger partial charge in [-0.2, -0.15) is 0 Å². The summed E-state index contributed by atoms with van der Waals surface area (Å²) >= 11 is 0. The fraction of sp³-hybridized carbons (Fsp3) is 0.931. The highest BCUT2D eigenvalue weighted by Gasteiger charge is 2.19. The standard InChI is InChI=1S/C72H138O6/c1-4-7-10-13-16-19-22-24-26-28-29-30-31-32-33-34-35-36-37-38-39-40-41-42-43-45-46-48-50-53-56-59-62-65-71(74)77-68-69(67-76-70(73)64-61-58-55-52-21-18-15-12-9-6-3)78-72(75)66-63-60-57-54-51-49-47-44-27-25-23-20-17-14-11-8-5-2/h12,15,69H,4-11,13-14,16-68H2,1-3H3/b15-12-. The smallest absolute Gasteiger partial charge is 0.306 e. The van der Waals surface area contributed by atoms with Crippen LogP contribution in [0.15, 0.2) is 12.2 Å². The number of carbonyl (C=O) groups excluding carboxylic acids is 3. The molecule has 0 aromatic heterocycles. The van der Waals surface area contributed by atoms with Crippen LogP contribution in [0, 0.1) is 0 Å². The SMILES string of the molecule is CCC/C=C\CCCCCCCC(=O)OCC(COC(=O)CCCCCCCCCCCCCCCCCCCCCCCCCCCCCCCCCCC)OC(=O)CCCCCCCCCCCCCCCCCCC. The number of carbonyl (C=O) groups is 3. The maximum absolute atomic E-state index is 12.9. The summed E-state index contributed by atoms with van der Waals surface area (Å²) in [6, 6.07) is 0. The van der Waals surface area contributed by atoms with E-state index >= 15 is 0 Å². The Kier molecular flexibility index (Phi) is 66.0. The Morgan fingerprint density at radius 3 is 0.692 bits per heavy atom. The van der Waals surface area contributed by atoms with Crippen molar-refractivity contribution in [2.45, 2.75) is 419 Å². The summed E-state index contributed by atoms with van der Waals surface area (Å²) in [5.74, 6) is -0.847. The fourth-order valence-corrected chi connectivity index (χ4v) is 11.2. The Morgan fingerprint density at radius 1 is 0.244 bits per heavy atom. The zero-order valence-corrected chi connectivity index (χ0v) is 53.2. The molecule has 0 spiro atoms. The molecular weight excluding hydrogens is 961 g/mol. The van der Waals surface area contributed by atoms with Crippen LogP contribution in [0.4, 0.5) is 0 Å². The van der Waals surface area contributed by atoms with Crippen molar-refractivity contribution in [3.63, 3.8) is 0 Å². The minimum absolute atomic E-state index is 0.0662. The number of hydrogen-bond donors (Lipinski definition) is 0. The molecule has 78 heavy (non-hydrogen) atoms. The summed E-state index contributed by atoms with van der Waals surface area (Å²) < 4.78 is 16.9. The molecule has 1 unspecified atom stereocenters. The van der Waals surface area contributed by atoms with Crippen molar-refractivity contribution in [2.24, 2.45) is 0 Å². The van der Waals surface area contributed by atoms with E-state index in [1.165, 1.54) is 302 Å². The molecule has 0 bridgehead atoms. The van der Waals surface area contributed by atoms with Gasteiger partial charge in [0.05, 0.1) is 0 Å². The molecule has 0 rings (SSSR count). The Morgan fingerprint density at radius 2 is 0.449 bits per heavy atom. The molecule has 6 nitrogen and oxygen atoms in total. The van der Waals surface area contributed by atoms with Gasteiger partial charge in [-0.15, -0.1) is 0 Å². The lowest BCUT2D eigenvalue weighted by atomic mass is 10.0. The molecule has 1 atom stereocenters. The number of allylic oxidation sites excluding steroid dienone is 2. The first-order valence-corrected chi connectivity index (χ1v) is 35.7. The van der Waals surface area contributed by atoms with Gasteiger partial charge < -0.3 is 14.2 Å². The highest BCUT2D eigenvalue weighted by molar-refractivity contribution is 5.71. The fourth-order valence-electron chi connectivity index (χ4n) is 11.2. The summed E-state index contributed by atoms with van der Waals surface area (Å²) in [6.45, 7) is 6.65. The minimum atomic E-state index is -0.768. The maximum Gasteiger partial charge on any atom is 0.306 e. The van der Waals surface area contributed by atoms with Gasteiger partial charge in [0.1, 0.15) is 13.2 Å². The first kappa shape index (κ1) is 76.1. The van der Waals surface area contributed by atoms with E-state index < -0.39 is 6.10 Å². The molecule has 0 heterocycles. The lowest BCUT2D eigenvalue weighted by Crippen LogP contribution is -2.30. The molecule has 0 aliphatic rings. The van der Waals surface area contributed by atoms with Crippen molar-refractivity contribution < 1.29 is 28.6 Å². The molecule has 0 N–H and O–H groups in total. The zero-order chi connectivity index (χ0) is 56.4. The van der Waals surface area contributed by atoms with Crippen LogP contribution in [-0.4, -0.2) is 37.2 Å². The van der Waals surface area contributed by atoms with E-state index in [0.717, 1.165) is 70.6 Å². The van der Waals surface area contributed by atoms with E-state index in [-0.39, 0.29) is 31.1 Å². The van der Waals surface area contributed by atoms with E-state index in [1.54, 1.807) is 0 Å². The van der Waals surface area contributed by atoms with Crippen molar-refractivity contribution in [3.05, 3.63) is 12.2 Å². The van der Waals surface area contributed by atoms with Crippen molar-refractivity contribution in [1.29, 1.82) is 0 Å². The van der Waals surface area contributed by atoms with Gasteiger partial charge in [-0.05, 0) is 38.5 Å². The molecule has 0 radical (unpaired) electrons. The lowest BCUT2D eigenvalue weighted by Gasteiger charge is -2.18. The van der Waals surface area contributed by atoms with E-state index in [2.05, 4.69) is 32.9 Å². The van der Waals surface area contributed by atoms with Gasteiger partial charge in [0.15, 0.2) is 6.10 Å². The van der Waals surface area contributed by atoms with Crippen LogP contribution in [0.3, 0.4) is 0 Å². The van der Waals surface area contributed by atoms with Crippen molar-refractivity contribution in [2.75, 3.05) is 13.2 Å². The molecule has 0 fully saturated rings. The normalized spacial score (nSPS) is 12.0. The second kappa shape index (κ2) is 67.7. The summed E-state index contributed by atoms with van der Waals surface area (Å²) in [5, 5.41) is 0. The zero-order valence-electron chi connectivity index (χ0n) is 53.2. The Bertz CT molecular complexity index is 1210. The molecule has 0 aliphatic carbocycles. The van der Waals surface area contributed by atoms with Crippen LogP contribution in [0.25, 0.3) is 0 Å². The summed E-state index contributed by atoms with van der Waals surface area (Å²) in [6.07, 6.45) is 81.3. The number of hydrogen-bond acceptors (Lipinski definition) is 6. The van der Waals surface area contributed by atoms with Crippen LogP contribution in [-0.2, 0) is 28.6 Å². The number of unbranched alkanes of at least 4 members (excludes halogenated alkanes) is 54. The van der Waals surface area contributed by atoms with Crippen LogP contribution >= 0.6 is 0 Å². The highest BCUT2D eigenvalue weighted by atomic mass is 16.6. The predicted molar refractivity (Wildman–Crippen MR) is 340 cm³/mol. The van der Waals surface area contributed by atoms with Crippen LogP contribution in [0.1, 0.15) is 412 Å². The van der Waals surface area contributed by atoms with Gasteiger partial charge in [0.2, 0.25) is 0 Å². The quantitative estimate of drug-likeness (QED) is 0.0261. The lowest BCUT2D eigenvalue weighted by molar-refractivity contribution is -0.167. The summed E-state index contributed by atoms with van der Waals surface area (Å²) in [5.41, 5.74) is 0. The summed E-state index contributed by atoms with van der Waals surface area (Å²) in [4.78, 5) is 38.3. The molecular formula is C72H138O6. The van der Waals surface area contributed by atoms with Crippen LogP contribution in [0.5, 0.6) is 0 Å². The van der Waals surface area contributed by atoms with Crippen molar-refractivity contribution in [3.8, 4) is 0 Å². The average Bonchev–Trinajstić information content (AvgIpc) is 3.44. The third-order valence-corrected chi connectivity index (χ3v) is 16.5. The van der Waals surface area contributed by atoms with Gasteiger partial charge in [0, 0.05) is 19.3 Å². The second-order valence-corrected chi connectivity index (χ2v) is 24.5. The molecule has 0 saturated carbocycles. The van der Waals surface area contributed by atoms with E-state index in [0.29, 0.717) is 19.3 Å². The highest BCUT2D eigenvalue weighted by Crippen LogP contribution is 2.19. The Hall–Kier alpha value is -1.85. The molecule has 0 aromatic carbocycles. The Balaban J connectivity index is 4.00. The van der Waals surface area contributed by atoms with E-state index in [9.17, 15) is 14.4 Å². The maximum atomic E-state index is 12.9. The first-order valence-electron chi connectivity index (χ1n) is 35.7. The average molecular weight is 1100 g/mol. The third-order valence-electron chi connectivity index (χ3n) is 16.5. The van der Waals surface area contributed by atoms with Gasteiger partial charge in [-0.25, -0.2) is 0 Å². The second-order valence-electron chi connectivity index (χ2n) is 24.5. The van der Waals surface area contributed by atoms with Crippen molar-refractivity contribution in [1.82, 2.24) is 0 Å². The van der Waals surface area contributed by atoms with E-state index in [4.69, 9.17) is 14.2 Å². The molecule has 6 heteroatoms. The third kappa shape index (κ3) is 65.0. The number of esters is 3. The van der Waals surface area contributed by atoms with Gasteiger partial charge in [-0.3, -0.25) is 14.4 Å². The molecule has 0 aliphatic heterocycles. The molecule has 0 amide bonds. The van der Waals surface area contributed by atoms with Gasteiger partial charge in [-0.1, -0.05) is 367 Å². The monoisotopic (exact) mass is 1100 g/mol. The van der Waals surface area contributed by atoms with Gasteiger partial charge >= 0.3 is 17.9 Å². The predicted octanol–water partition coefficient (Wildman–Crippen LogP) is 24.4. The topological polar surface area (TPSA) is 78.9 Å². The largest absolute Gasteiger partial charge is 0.462 e. The molecule has 0 saturated heterocycles. The molecule has 0 aromatic rings. The molecule has 462 valence electrons. The van der Waals surface area contributed by atoms with E-state index in [1.807, 2.05) is 0 Å². The first-order chi connectivity index (χ1) is 38.5. The van der Waals surface area contributed by atoms with Crippen LogP contribution in [0.2, 0.25) is 0 Å². The minimum Gasteiger partial charge on any atom is -0.462 e. The number of rotatable bonds is 67. The summed E-state index contributed by atoms with van der Waals surface area (Å²) in [7, 11) is 0. The Labute approximate surface area is 488 Å². The van der Waals surface area contributed by atoms with Crippen LogP contribution < -0.4 is 0 Å². The van der Waals surface area contributed by atoms with Gasteiger partial charge in [0.25, 0.3) is 0 Å². The van der Waals surface area contributed by atoms with Crippen molar-refractivity contribution >= 4 is 17.9 Å².